The van der Waals surface area contributed by atoms with Crippen LogP contribution in [0.25, 0.3) is 5.69 Å². The van der Waals surface area contributed by atoms with Crippen molar-refractivity contribution in [3.8, 4) is 5.69 Å². The Labute approximate surface area is 137 Å². The van der Waals surface area contributed by atoms with Gasteiger partial charge in [0.25, 0.3) is 5.91 Å². The molecule has 3 heterocycles. The van der Waals surface area contributed by atoms with Gasteiger partial charge in [-0.2, -0.15) is 16.9 Å². The minimum absolute atomic E-state index is 0.261. The molecule has 0 saturated carbocycles. The van der Waals surface area contributed by atoms with Gasteiger partial charge in [-0.15, -0.1) is 0 Å². The van der Waals surface area contributed by atoms with Crippen LogP contribution < -0.4 is 5.32 Å². The van der Waals surface area contributed by atoms with Crippen LogP contribution in [-0.4, -0.2) is 15.7 Å². The lowest BCUT2D eigenvalue weighted by Crippen LogP contribution is -2.15. The first-order chi connectivity index (χ1) is 11.2. The highest BCUT2D eigenvalue weighted by Gasteiger charge is 2.25. The summed E-state index contributed by atoms with van der Waals surface area (Å²) in [4.78, 5) is 12.4. The SMILES string of the molecule is Cc1ccc(-n2nc3c(c2NC(=O)c2ccco2)CSC3)cc1. The van der Waals surface area contributed by atoms with Crippen molar-refractivity contribution in [3.63, 3.8) is 0 Å². The van der Waals surface area contributed by atoms with Gasteiger partial charge < -0.3 is 9.73 Å². The maximum atomic E-state index is 12.4. The highest BCUT2D eigenvalue weighted by molar-refractivity contribution is 7.98. The Bertz CT molecular complexity index is 851. The summed E-state index contributed by atoms with van der Waals surface area (Å²) in [6, 6.07) is 11.4. The van der Waals surface area contributed by atoms with Gasteiger partial charge in [0.15, 0.2) is 5.76 Å². The third-order valence-electron chi connectivity index (χ3n) is 3.81. The van der Waals surface area contributed by atoms with Crippen molar-refractivity contribution in [2.24, 2.45) is 0 Å². The molecule has 4 rings (SSSR count). The molecular weight excluding hydrogens is 310 g/mol. The summed E-state index contributed by atoms with van der Waals surface area (Å²) in [6.45, 7) is 2.04. The average Bonchev–Trinajstić information content (AvgIpc) is 3.26. The molecule has 3 aromatic rings. The summed E-state index contributed by atoms with van der Waals surface area (Å²) in [5, 5.41) is 7.64. The van der Waals surface area contributed by atoms with Gasteiger partial charge in [0.05, 0.1) is 17.6 Å². The van der Waals surface area contributed by atoms with E-state index >= 15 is 0 Å². The number of nitrogens with zero attached hydrogens (tertiary/aromatic N) is 2. The van der Waals surface area contributed by atoms with Crippen LogP contribution in [-0.2, 0) is 11.5 Å². The molecule has 1 amide bonds. The molecule has 6 heteroatoms. The van der Waals surface area contributed by atoms with Crippen molar-refractivity contribution in [2.75, 3.05) is 5.32 Å². The standard InChI is InChI=1S/C17H15N3O2S/c1-11-4-6-12(7-5-11)20-16(13-9-23-10-14(13)19-20)18-17(21)15-3-2-8-22-15/h2-8H,9-10H2,1H3,(H,18,21). The first kappa shape index (κ1) is 14.1. The van der Waals surface area contributed by atoms with Crippen molar-refractivity contribution in [1.29, 1.82) is 0 Å². The monoisotopic (exact) mass is 325 g/mol. The molecule has 1 aliphatic rings. The van der Waals surface area contributed by atoms with E-state index in [1.165, 1.54) is 11.8 Å². The number of hydrogen-bond acceptors (Lipinski definition) is 4. The zero-order valence-electron chi connectivity index (χ0n) is 12.6. The van der Waals surface area contributed by atoms with Gasteiger partial charge in [-0.1, -0.05) is 17.7 Å². The molecule has 116 valence electrons. The molecule has 0 spiro atoms. The number of rotatable bonds is 3. The normalized spacial score (nSPS) is 13.1. The fourth-order valence-corrected chi connectivity index (χ4v) is 3.63. The van der Waals surface area contributed by atoms with Gasteiger partial charge in [-0.3, -0.25) is 4.79 Å². The summed E-state index contributed by atoms with van der Waals surface area (Å²) in [7, 11) is 0. The van der Waals surface area contributed by atoms with Crippen LogP contribution in [0.15, 0.2) is 47.1 Å². The first-order valence-corrected chi connectivity index (χ1v) is 8.48. The summed E-state index contributed by atoms with van der Waals surface area (Å²) < 4.78 is 6.99. The van der Waals surface area contributed by atoms with E-state index in [0.29, 0.717) is 5.76 Å². The van der Waals surface area contributed by atoms with Crippen molar-refractivity contribution >= 4 is 23.5 Å². The minimum Gasteiger partial charge on any atom is -0.459 e. The molecular formula is C17H15N3O2S. The molecule has 1 N–H and O–H groups in total. The topological polar surface area (TPSA) is 60.1 Å². The number of carbonyl (C=O) groups excluding carboxylic acids is 1. The van der Waals surface area contributed by atoms with E-state index in [1.807, 2.05) is 35.9 Å². The Kier molecular flexibility index (Phi) is 3.46. The van der Waals surface area contributed by atoms with Crippen molar-refractivity contribution in [2.45, 2.75) is 18.4 Å². The smallest absolute Gasteiger partial charge is 0.292 e. The van der Waals surface area contributed by atoms with Crippen LogP contribution in [0.2, 0.25) is 0 Å². The first-order valence-electron chi connectivity index (χ1n) is 7.33. The van der Waals surface area contributed by atoms with E-state index in [0.717, 1.165) is 34.3 Å². The lowest BCUT2D eigenvalue weighted by atomic mass is 10.2. The molecule has 1 aromatic carbocycles. The Morgan fingerprint density at radius 2 is 2.09 bits per heavy atom. The molecule has 23 heavy (non-hydrogen) atoms. The minimum atomic E-state index is -0.261. The molecule has 0 radical (unpaired) electrons. The maximum Gasteiger partial charge on any atom is 0.292 e. The Balaban J connectivity index is 1.75. The summed E-state index contributed by atoms with van der Waals surface area (Å²) in [5.41, 5.74) is 4.25. The third kappa shape index (κ3) is 2.55. The van der Waals surface area contributed by atoms with Crippen LogP contribution in [0.3, 0.4) is 0 Å². The second kappa shape index (κ2) is 5.62. The van der Waals surface area contributed by atoms with E-state index in [1.54, 1.807) is 23.9 Å². The van der Waals surface area contributed by atoms with Crippen LogP contribution in [0, 0.1) is 6.92 Å². The average molecular weight is 325 g/mol. The van der Waals surface area contributed by atoms with Gasteiger partial charge in [-0.05, 0) is 31.2 Å². The number of furan rings is 1. The number of nitrogens with one attached hydrogen (secondary N) is 1. The van der Waals surface area contributed by atoms with Gasteiger partial charge >= 0.3 is 0 Å². The summed E-state index contributed by atoms with van der Waals surface area (Å²) in [5.74, 6) is 2.49. The predicted molar refractivity (Wildman–Crippen MR) is 90.0 cm³/mol. The number of aromatic nitrogens is 2. The highest BCUT2D eigenvalue weighted by Crippen LogP contribution is 2.36. The second-order valence-corrected chi connectivity index (χ2v) is 6.43. The lowest BCUT2D eigenvalue weighted by molar-refractivity contribution is 0.0996. The van der Waals surface area contributed by atoms with Crippen LogP contribution >= 0.6 is 11.8 Å². The molecule has 5 nitrogen and oxygen atoms in total. The Hall–Kier alpha value is -2.47. The Morgan fingerprint density at radius 3 is 2.83 bits per heavy atom. The van der Waals surface area contributed by atoms with E-state index in [9.17, 15) is 4.79 Å². The fourth-order valence-electron chi connectivity index (χ4n) is 2.59. The highest BCUT2D eigenvalue weighted by atomic mass is 32.2. The molecule has 1 aliphatic heterocycles. The number of amides is 1. The lowest BCUT2D eigenvalue weighted by Gasteiger charge is -2.10. The summed E-state index contributed by atoms with van der Waals surface area (Å²) >= 11 is 1.80. The number of thioether (sulfide) groups is 1. The quantitative estimate of drug-likeness (QED) is 0.796. The molecule has 0 saturated heterocycles. The maximum absolute atomic E-state index is 12.4. The van der Waals surface area contributed by atoms with Crippen molar-refractivity contribution < 1.29 is 9.21 Å². The zero-order chi connectivity index (χ0) is 15.8. The number of hydrogen-bond donors (Lipinski definition) is 1. The van der Waals surface area contributed by atoms with Crippen LogP contribution in [0.4, 0.5) is 5.82 Å². The van der Waals surface area contributed by atoms with Gasteiger partial charge in [0.2, 0.25) is 0 Å². The van der Waals surface area contributed by atoms with Gasteiger partial charge in [-0.25, -0.2) is 4.68 Å². The molecule has 2 aromatic heterocycles. The predicted octanol–water partition coefficient (Wildman–Crippen LogP) is 3.77. The molecule has 0 atom stereocenters. The number of anilines is 1. The third-order valence-corrected chi connectivity index (χ3v) is 4.78. The number of benzene rings is 1. The summed E-state index contributed by atoms with van der Waals surface area (Å²) in [6.07, 6.45) is 1.49. The fraction of sp³-hybridized carbons (Fsp3) is 0.176. The molecule has 0 bridgehead atoms. The van der Waals surface area contributed by atoms with Crippen LogP contribution in [0.1, 0.15) is 27.4 Å². The van der Waals surface area contributed by atoms with E-state index in [4.69, 9.17) is 4.42 Å². The number of fused-ring (bicyclic) bond motifs is 1. The van der Waals surface area contributed by atoms with Crippen LogP contribution in [0.5, 0.6) is 0 Å². The van der Waals surface area contributed by atoms with E-state index in [2.05, 4.69) is 10.4 Å². The molecule has 0 fully saturated rings. The zero-order valence-corrected chi connectivity index (χ0v) is 13.4. The molecule has 0 aliphatic carbocycles. The van der Waals surface area contributed by atoms with Crippen molar-refractivity contribution in [3.05, 3.63) is 65.2 Å². The second-order valence-electron chi connectivity index (χ2n) is 5.45. The van der Waals surface area contributed by atoms with Gasteiger partial charge in [0, 0.05) is 17.1 Å². The Morgan fingerprint density at radius 1 is 1.26 bits per heavy atom. The largest absolute Gasteiger partial charge is 0.459 e. The molecule has 0 unspecified atom stereocenters. The number of carbonyl (C=O) groups is 1. The van der Waals surface area contributed by atoms with Crippen molar-refractivity contribution in [1.82, 2.24) is 9.78 Å². The number of aryl methyl sites for hydroxylation is 1. The van der Waals surface area contributed by atoms with E-state index in [-0.39, 0.29) is 5.91 Å². The van der Waals surface area contributed by atoms with Gasteiger partial charge in [0.1, 0.15) is 5.82 Å². The van der Waals surface area contributed by atoms with E-state index < -0.39 is 0 Å².